The average molecular weight is 625 g/mol. The molecule has 3 aromatic carbocycles. The molecule has 0 fully saturated rings. The van der Waals surface area contributed by atoms with Crippen LogP contribution in [0.5, 0.6) is 0 Å². The number of benzene rings is 3. The zero-order chi connectivity index (χ0) is 32.3. The fourth-order valence-corrected chi connectivity index (χ4v) is 5.04. The van der Waals surface area contributed by atoms with Gasteiger partial charge in [-0.2, -0.15) is 0 Å². The molecule has 12 nitrogen and oxygen atoms in total. The maximum absolute atomic E-state index is 13.6. The van der Waals surface area contributed by atoms with Crippen molar-refractivity contribution in [3.63, 3.8) is 0 Å². The van der Waals surface area contributed by atoms with Crippen molar-refractivity contribution >= 4 is 35.1 Å². The number of aliphatic carboxylic acids is 1. The number of carboxylic acid groups (broad SMARTS) is 1. The largest absolute Gasteiger partial charge is 0.480 e. The molecule has 2 heterocycles. The van der Waals surface area contributed by atoms with Gasteiger partial charge in [-0.3, -0.25) is 25.2 Å². The highest BCUT2D eigenvalue weighted by Crippen LogP contribution is 2.17. The second kappa shape index (κ2) is 15.6. The molecule has 4 aromatic rings. The summed E-state index contributed by atoms with van der Waals surface area (Å²) in [5, 5.41) is 21.4. The van der Waals surface area contributed by atoms with Gasteiger partial charge in [0.05, 0.1) is 5.52 Å². The van der Waals surface area contributed by atoms with Gasteiger partial charge in [-0.05, 0) is 41.7 Å². The number of nitrogens with zero attached hydrogens (tertiary/aromatic N) is 2. The topological polar surface area (TPSA) is 163 Å². The van der Waals surface area contributed by atoms with E-state index >= 15 is 0 Å². The molecule has 2 amide bonds. The zero-order valence-corrected chi connectivity index (χ0v) is 25.1. The van der Waals surface area contributed by atoms with Gasteiger partial charge < -0.3 is 25.0 Å². The van der Waals surface area contributed by atoms with E-state index in [0.29, 0.717) is 30.4 Å². The van der Waals surface area contributed by atoms with Gasteiger partial charge in [0.15, 0.2) is 6.29 Å². The number of carbonyl (C=O) groups excluding carboxylic acids is 2. The summed E-state index contributed by atoms with van der Waals surface area (Å²) in [5.74, 6) is -2.12. The zero-order valence-electron chi connectivity index (χ0n) is 25.1. The minimum absolute atomic E-state index is 0.0475. The summed E-state index contributed by atoms with van der Waals surface area (Å²) in [4.78, 5) is 55.4. The summed E-state index contributed by atoms with van der Waals surface area (Å²) in [6, 6.07) is 22.8. The van der Waals surface area contributed by atoms with Crippen molar-refractivity contribution in [2.45, 2.75) is 44.9 Å². The Kier molecular flexibility index (Phi) is 10.9. The van der Waals surface area contributed by atoms with Gasteiger partial charge in [-0.1, -0.05) is 66.7 Å². The molecule has 5 rings (SSSR count). The minimum atomic E-state index is -1.48. The van der Waals surface area contributed by atoms with Crippen LogP contribution in [0.25, 0.3) is 10.9 Å². The third-order valence-electron chi connectivity index (χ3n) is 7.51. The number of ether oxygens (including phenoxy) is 1. The van der Waals surface area contributed by atoms with E-state index in [9.17, 15) is 24.3 Å². The van der Waals surface area contributed by atoms with Crippen LogP contribution in [0.3, 0.4) is 0 Å². The van der Waals surface area contributed by atoms with Crippen LogP contribution in [0, 0.1) is 0 Å². The Morgan fingerprint density at radius 1 is 1.00 bits per heavy atom. The van der Waals surface area contributed by atoms with Crippen LogP contribution in [0.4, 0.5) is 4.79 Å². The lowest BCUT2D eigenvalue weighted by molar-refractivity contribution is -0.139. The number of carboxylic acids is 1. The molecule has 0 aliphatic carbocycles. The summed E-state index contributed by atoms with van der Waals surface area (Å²) < 4.78 is 6.98. The molecule has 1 aromatic heterocycles. The molecule has 0 bridgehead atoms. The maximum Gasteiger partial charge on any atom is 0.408 e. The average Bonchev–Trinajstić information content (AvgIpc) is 3.09. The van der Waals surface area contributed by atoms with E-state index in [2.05, 4.69) is 26.3 Å². The van der Waals surface area contributed by atoms with E-state index in [1.165, 1.54) is 6.20 Å². The predicted octanol–water partition coefficient (Wildman–Crippen LogP) is 2.79. The summed E-state index contributed by atoms with van der Waals surface area (Å²) in [5.41, 5.74) is 2.81. The molecule has 5 N–H and O–H groups in total. The molecule has 2 atom stereocenters. The van der Waals surface area contributed by atoms with Crippen molar-refractivity contribution in [1.29, 1.82) is 0 Å². The number of aryl methyl sites for hydroxylation is 2. The normalized spacial score (nSPS) is 14.8. The fourth-order valence-electron chi connectivity index (χ4n) is 5.04. The molecule has 0 radical (unpaired) electrons. The van der Waals surface area contributed by atoms with E-state index in [1.54, 1.807) is 30.3 Å². The molecule has 1 aliphatic heterocycles. The molecule has 238 valence electrons. The first-order valence-corrected chi connectivity index (χ1v) is 15.0. The minimum Gasteiger partial charge on any atom is -0.480 e. The molecule has 0 spiro atoms. The molecule has 2 unspecified atom stereocenters. The Balaban J connectivity index is 1.32. The first-order valence-electron chi connectivity index (χ1n) is 15.0. The summed E-state index contributed by atoms with van der Waals surface area (Å²) in [6.45, 7) is 1.33. The van der Waals surface area contributed by atoms with Gasteiger partial charge in [-0.25, -0.2) is 9.59 Å². The van der Waals surface area contributed by atoms with Gasteiger partial charge in [0, 0.05) is 44.0 Å². The number of fused-ring (bicyclic) bond motifs is 1. The van der Waals surface area contributed by atoms with Crippen LogP contribution in [0.1, 0.15) is 33.5 Å². The van der Waals surface area contributed by atoms with Gasteiger partial charge in [0.1, 0.15) is 18.2 Å². The summed E-state index contributed by atoms with van der Waals surface area (Å²) >= 11 is 0. The highest BCUT2D eigenvalue weighted by Gasteiger charge is 2.23. The lowest BCUT2D eigenvalue weighted by Crippen LogP contribution is -2.49. The van der Waals surface area contributed by atoms with Crippen molar-refractivity contribution in [2.75, 3.05) is 13.1 Å². The van der Waals surface area contributed by atoms with Gasteiger partial charge in [0.25, 0.3) is 5.91 Å². The number of amides is 2. The van der Waals surface area contributed by atoms with E-state index in [0.717, 1.165) is 29.7 Å². The molecular weight excluding hydrogens is 588 g/mol. The molecule has 1 aliphatic rings. The van der Waals surface area contributed by atoms with Crippen molar-refractivity contribution < 1.29 is 24.2 Å². The van der Waals surface area contributed by atoms with Crippen LogP contribution in [0.2, 0.25) is 0 Å². The van der Waals surface area contributed by atoms with E-state index in [4.69, 9.17) is 4.74 Å². The van der Waals surface area contributed by atoms with Crippen LogP contribution in [-0.4, -0.2) is 59.3 Å². The second-order valence-corrected chi connectivity index (χ2v) is 10.8. The quantitative estimate of drug-likeness (QED) is 0.152. The number of aliphatic imine (C=N–C) groups is 1. The van der Waals surface area contributed by atoms with Crippen LogP contribution >= 0.6 is 0 Å². The number of carbonyl (C=O) groups is 3. The van der Waals surface area contributed by atoms with Gasteiger partial charge >= 0.3 is 12.1 Å². The number of alkyl carbamates (subject to hydrolysis) is 1. The van der Waals surface area contributed by atoms with Crippen molar-refractivity contribution in [3.8, 4) is 0 Å². The summed E-state index contributed by atoms with van der Waals surface area (Å²) in [7, 11) is 0. The lowest BCUT2D eigenvalue weighted by atomic mass is 10.1. The van der Waals surface area contributed by atoms with E-state index in [-0.39, 0.29) is 18.5 Å². The molecule has 12 heteroatoms. The van der Waals surface area contributed by atoms with E-state index in [1.807, 2.05) is 59.3 Å². The Morgan fingerprint density at radius 2 is 1.74 bits per heavy atom. The number of hydrogen-bond acceptors (Lipinski definition) is 8. The van der Waals surface area contributed by atoms with Crippen LogP contribution in [-0.2, 0) is 35.6 Å². The molecule has 0 saturated carbocycles. The number of hydrogen-bond donors (Lipinski definition) is 5. The fraction of sp³-hybridized carbons (Fsp3) is 0.265. The Morgan fingerprint density at radius 3 is 2.43 bits per heavy atom. The predicted molar refractivity (Wildman–Crippen MR) is 174 cm³/mol. The number of pyridine rings is 1. The SMILES string of the molecule is O=C(NC(CNC(=O)c1cn(CCc2ccccc2)c2cc(CNC3N=CCCN3)ccc2c1=O)C(=O)O)OCc1ccccc1. The second-order valence-electron chi connectivity index (χ2n) is 10.8. The van der Waals surface area contributed by atoms with Crippen molar-refractivity contribution in [3.05, 3.63) is 118 Å². The molecular formula is C34H36N6O6. The number of aromatic nitrogens is 1. The first-order chi connectivity index (χ1) is 22.4. The number of nitrogens with one attached hydrogen (secondary N) is 4. The lowest BCUT2D eigenvalue weighted by Gasteiger charge is -2.20. The Labute approximate surface area is 265 Å². The molecule has 0 saturated heterocycles. The smallest absolute Gasteiger partial charge is 0.408 e. The number of rotatable bonds is 13. The summed E-state index contributed by atoms with van der Waals surface area (Å²) in [6.07, 6.45) is 3.78. The Bertz CT molecular complexity index is 1760. The monoisotopic (exact) mass is 624 g/mol. The van der Waals surface area contributed by atoms with Gasteiger partial charge in [-0.15, -0.1) is 0 Å². The van der Waals surface area contributed by atoms with Crippen LogP contribution < -0.4 is 26.7 Å². The first kappa shape index (κ1) is 32.1. The van der Waals surface area contributed by atoms with Crippen molar-refractivity contribution in [1.82, 2.24) is 25.8 Å². The highest BCUT2D eigenvalue weighted by atomic mass is 16.5. The molecule has 46 heavy (non-hydrogen) atoms. The maximum atomic E-state index is 13.6. The van der Waals surface area contributed by atoms with Crippen molar-refractivity contribution in [2.24, 2.45) is 4.99 Å². The van der Waals surface area contributed by atoms with Crippen LogP contribution in [0.15, 0.2) is 94.8 Å². The highest BCUT2D eigenvalue weighted by molar-refractivity contribution is 5.97. The van der Waals surface area contributed by atoms with Gasteiger partial charge in [0.2, 0.25) is 5.43 Å². The van der Waals surface area contributed by atoms with E-state index < -0.39 is 36.0 Å². The standard InChI is InChI=1S/C34H36N6O6/c41-30-26-13-12-25(19-38-33-35-15-7-16-36-33)18-29(26)40(17-14-23-8-3-1-4-9-23)21-27(30)31(42)37-20-28(32(43)44)39-34(45)46-22-24-10-5-2-6-11-24/h1-6,8-13,15,18,21,28,33,36,38H,7,14,16-17,19-20,22H2,(H,37,42)(H,39,45)(H,43,44). The third-order valence-corrected chi connectivity index (χ3v) is 7.51. The third kappa shape index (κ3) is 8.65. The Hall–Kier alpha value is -5.33.